The Bertz CT molecular complexity index is 212. The Morgan fingerprint density at radius 1 is 1.38 bits per heavy atom. The zero-order chi connectivity index (χ0) is 9.31. The van der Waals surface area contributed by atoms with Crippen molar-refractivity contribution in [3.8, 4) is 0 Å². The van der Waals surface area contributed by atoms with Crippen molar-refractivity contribution in [3.63, 3.8) is 0 Å². The molecule has 0 bridgehead atoms. The van der Waals surface area contributed by atoms with Crippen molar-refractivity contribution in [1.82, 2.24) is 0 Å². The minimum atomic E-state index is 0.0756. The third-order valence-corrected chi connectivity index (χ3v) is 3.83. The van der Waals surface area contributed by atoms with Crippen molar-refractivity contribution in [2.75, 3.05) is 7.11 Å². The first-order chi connectivity index (χ1) is 6.27. The number of hydrogen-bond acceptors (Lipinski definition) is 2. The standard InChI is InChI=1S/C11H18O2/c1-13-11-6-2-4-9(11)8-10(12)5-3-7-11/h9H,2-8H2,1H3/t9-,11-/m1/s1. The molecule has 0 amide bonds. The van der Waals surface area contributed by atoms with Crippen molar-refractivity contribution >= 4 is 5.78 Å². The molecule has 2 heteroatoms. The number of ketones is 1. The fourth-order valence-corrected chi connectivity index (χ4v) is 3.06. The van der Waals surface area contributed by atoms with Gasteiger partial charge in [0.05, 0.1) is 5.60 Å². The summed E-state index contributed by atoms with van der Waals surface area (Å²) in [5.74, 6) is 0.971. The number of methoxy groups -OCH3 is 1. The first-order valence-electron chi connectivity index (χ1n) is 5.34. The van der Waals surface area contributed by atoms with Gasteiger partial charge in [-0.3, -0.25) is 4.79 Å². The minimum Gasteiger partial charge on any atom is -0.378 e. The SMILES string of the molecule is CO[C@]12CCCC(=O)C[C@H]1CCC2. The normalized spacial score (nSPS) is 40.1. The van der Waals surface area contributed by atoms with E-state index in [0.29, 0.717) is 11.7 Å². The summed E-state index contributed by atoms with van der Waals surface area (Å²) in [4.78, 5) is 11.4. The van der Waals surface area contributed by atoms with Gasteiger partial charge < -0.3 is 4.74 Å². The van der Waals surface area contributed by atoms with Crippen LogP contribution in [0.5, 0.6) is 0 Å². The van der Waals surface area contributed by atoms with Crippen LogP contribution in [0.4, 0.5) is 0 Å². The molecule has 0 saturated heterocycles. The van der Waals surface area contributed by atoms with Crippen LogP contribution in [-0.2, 0) is 9.53 Å². The van der Waals surface area contributed by atoms with Gasteiger partial charge >= 0.3 is 0 Å². The van der Waals surface area contributed by atoms with E-state index in [4.69, 9.17) is 4.74 Å². The van der Waals surface area contributed by atoms with E-state index < -0.39 is 0 Å². The summed E-state index contributed by atoms with van der Waals surface area (Å²) in [7, 11) is 1.81. The number of rotatable bonds is 1. The lowest BCUT2D eigenvalue weighted by molar-refractivity contribution is -0.121. The van der Waals surface area contributed by atoms with Crippen LogP contribution in [0.25, 0.3) is 0 Å². The maximum Gasteiger partial charge on any atom is 0.133 e. The number of Topliss-reactive ketones (excluding diaryl/α,β-unsaturated/α-hetero) is 1. The molecule has 0 aromatic heterocycles. The van der Waals surface area contributed by atoms with Crippen LogP contribution < -0.4 is 0 Å². The first-order valence-corrected chi connectivity index (χ1v) is 5.34. The third-order valence-electron chi connectivity index (χ3n) is 3.83. The summed E-state index contributed by atoms with van der Waals surface area (Å²) in [5, 5.41) is 0. The molecule has 0 aliphatic heterocycles. The van der Waals surface area contributed by atoms with Gasteiger partial charge in [-0.1, -0.05) is 6.42 Å². The molecule has 0 aromatic carbocycles. The van der Waals surface area contributed by atoms with Crippen LogP contribution in [0, 0.1) is 5.92 Å². The molecule has 2 nitrogen and oxygen atoms in total. The van der Waals surface area contributed by atoms with Gasteiger partial charge in [-0.25, -0.2) is 0 Å². The monoisotopic (exact) mass is 182 g/mol. The predicted octanol–water partition coefficient (Wildman–Crippen LogP) is 2.31. The van der Waals surface area contributed by atoms with Gasteiger partial charge in [0, 0.05) is 20.0 Å². The molecule has 0 unspecified atom stereocenters. The highest BCUT2D eigenvalue weighted by Crippen LogP contribution is 2.45. The molecule has 0 N–H and O–H groups in total. The zero-order valence-corrected chi connectivity index (χ0v) is 8.34. The van der Waals surface area contributed by atoms with Crippen LogP contribution in [0.2, 0.25) is 0 Å². The van der Waals surface area contributed by atoms with E-state index in [2.05, 4.69) is 0 Å². The van der Waals surface area contributed by atoms with Gasteiger partial charge in [0.1, 0.15) is 5.78 Å². The lowest BCUT2D eigenvalue weighted by Gasteiger charge is -2.32. The molecule has 2 aliphatic rings. The molecular formula is C11H18O2. The van der Waals surface area contributed by atoms with Gasteiger partial charge in [-0.2, -0.15) is 0 Å². The third kappa shape index (κ3) is 1.52. The highest BCUT2D eigenvalue weighted by molar-refractivity contribution is 5.79. The average molecular weight is 182 g/mol. The van der Waals surface area contributed by atoms with Crippen LogP contribution in [0.15, 0.2) is 0 Å². The Morgan fingerprint density at radius 2 is 2.15 bits per heavy atom. The molecule has 0 aromatic rings. The van der Waals surface area contributed by atoms with Crippen molar-refractivity contribution in [2.24, 2.45) is 5.92 Å². The Morgan fingerprint density at radius 3 is 2.92 bits per heavy atom. The topological polar surface area (TPSA) is 26.3 Å². The van der Waals surface area contributed by atoms with Crippen molar-refractivity contribution in [3.05, 3.63) is 0 Å². The number of carbonyl (C=O) groups is 1. The summed E-state index contributed by atoms with van der Waals surface area (Å²) in [6.07, 6.45) is 7.28. The Hall–Kier alpha value is -0.370. The highest BCUT2D eigenvalue weighted by Gasteiger charge is 2.44. The fraction of sp³-hybridized carbons (Fsp3) is 0.909. The quantitative estimate of drug-likeness (QED) is 0.622. The lowest BCUT2D eigenvalue weighted by Crippen LogP contribution is -2.34. The van der Waals surface area contributed by atoms with E-state index in [0.717, 1.165) is 25.7 Å². The summed E-state index contributed by atoms with van der Waals surface area (Å²) in [6, 6.07) is 0. The molecule has 0 radical (unpaired) electrons. The molecule has 0 heterocycles. The van der Waals surface area contributed by atoms with Crippen LogP contribution in [0.3, 0.4) is 0 Å². The summed E-state index contributed by atoms with van der Waals surface area (Å²) >= 11 is 0. The van der Waals surface area contributed by atoms with Crippen molar-refractivity contribution in [1.29, 1.82) is 0 Å². The van der Waals surface area contributed by atoms with Crippen molar-refractivity contribution in [2.45, 2.75) is 50.5 Å². The zero-order valence-electron chi connectivity index (χ0n) is 8.34. The highest BCUT2D eigenvalue weighted by atomic mass is 16.5. The summed E-state index contributed by atoms with van der Waals surface area (Å²) in [6.45, 7) is 0. The molecule has 2 rings (SSSR count). The van der Waals surface area contributed by atoms with Gasteiger partial charge in [-0.05, 0) is 31.6 Å². The molecule has 2 aliphatic carbocycles. The van der Waals surface area contributed by atoms with Gasteiger partial charge in [0.25, 0.3) is 0 Å². The Kier molecular flexibility index (Phi) is 2.41. The second-order valence-corrected chi connectivity index (χ2v) is 4.45. The maximum absolute atomic E-state index is 11.4. The summed E-state index contributed by atoms with van der Waals surface area (Å²) < 4.78 is 5.68. The van der Waals surface area contributed by atoms with E-state index in [9.17, 15) is 4.79 Å². The summed E-state index contributed by atoms with van der Waals surface area (Å²) in [5.41, 5.74) is 0.0756. The average Bonchev–Trinajstić information content (AvgIpc) is 2.43. The van der Waals surface area contributed by atoms with Crippen LogP contribution in [-0.4, -0.2) is 18.5 Å². The largest absolute Gasteiger partial charge is 0.378 e. The number of fused-ring (bicyclic) bond motifs is 1. The second-order valence-electron chi connectivity index (χ2n) is 4.45. The molecule has 2 atom stereocenters. The van der Waals surface area contributed by atoms with E-state index in [-0.39, 0.29) is 5.60 Å². The second kappa shape index (κ2) is 3.41. The molecule has 13 heavy (non-hydrogen) atoms. The number of hydrogen-bond donors (Lipinski definition) is 0. The van der Waals surface area contributed by atoms with Crippen LogP contribution in [0.1, 0.15) is 44.9 Å². The first kappa shape index (κ1) is 9.20. The van der Waals surface area contributed by atoms with Crippen LogP contribution >= 0.6 is 0 Å². The van der Waals surface area contributed by atoms with Crippen molar-refractivity contribution < 1.29 is 9.53 Å². The lowest BCUT2D eigenvalue weighted by atomic mass is 9.86. The van der Waals surface area contributed by atoms with Gasteiger partial charge in [-0.15, -0.1) is 0 Å². The number of ether oxygens (including phenoxy) is 1. The molecule has 2 fully saturated rings. The van der Waals surface area contributed by atoms with E-state index >= 15 is 0 Å². The van der Waals surface area contributed by atoms with Gasteiger partial charge in [0.15, 0.2) is 0 Å². The molecular weight excluding hydrogens is 164 g/mol. The van der Waals surface area contributed by atoms with E-state index in [1.54, 1.807) is 0 Å². The molecule has 2 saturated carbocycles. The van der Waals surface area contributed by atoms with E-state index in [1.807, 2.05) is 7.11 Å². The molecule has 0 spiro atoms. The predicted molar refractivity (Wildman–Crippen MR) is 50.6 cm³/mol. The Balaban J connectivity index is 2.17. The minimum absolute atomic E-state index is 0.0756. The van der Waals surface area contributed by atoms with Gasteiger partial charge in [0.2, 0.25) is 0 Å². The maximum atomic E-state index is 11.4. The smallest absolute Gasteiger partial charge is 0.133 e. The fourth-order valence-electron chi connectivity index (χ4n) is 3.06. The molecule has 74 valence electrons. The number of carbonyl (C=O) groups excluding carboxylic acids is 1. The Labute approximate surface area is 79.7 Å². The van der Waals surface area contributed by atoms with E-state index in [1.165, 1.54) is 19.3 Å².